The molecule has 0 fully saturated rings. The molecule has 2 aromatic rings. The topological polar surface area (TPSA) is 74.4 Å². The quantitative estimate of drug-likeness (QED) is 0.735. The van der Waals surface area contributed by atoms with E-state index in [0.29, 0.717) is 13.0 Å². The highest BCUT2D eigenvalue weighted by Crippen LogP contribution is 2.29. The number of fused-ring (bicyclic) bond motifs is 1. The summed E-state index contributed by atoms with van der Waals surface area (Å²) < 4.78 is 5.65. The van der Waals surface area contributed by atoms with E-state index in [0.717, 1.165) is 22.2 Å². The number of nitrogens with one attached hydrogen (secondary N) is 2. The Balaban J connectivity index is 2.19. The molecule has 5 heteroatoms. The van der Waals surface area contributed by atoms with E-state index >= 15 is 0 Å². The molecule has 0 radical (unpaired) electrons. The van der Waals surface area contributed by atoms with Gasteiger partial charge in [-0.15, -0.1) is 0 Å². The molecule has 1 aromatic heterocycles. The molecule has 120 valence electrons. The summed E-state index contributed by atoms with van der Waals surface area (Å²) in [5.41, 5.74) is 1.85. The number of hydrogen-bond acceptors (Lipinski definition) is 3. The van der Waals surface area contributed by atoms with Gasteiger partial charge in [0.05, 0.1) is 25.2 Å². The van der Waals surface area contributed by atoms with E-state index in [2.05, 4.69) is 10.3 Å². The van der Waals surface area contributed by atoms with Crippen LogP contribution in [0.1, 0.15) is 32.8 Å². The summed E-state index contributed by atoms with van der Waals surface area (Å²) in [6.45, 7) is 6.14. The number of carbonyl (C=O) groups is 1. The normalized spacial score (nSPS) is 13.8. The van der Waals surface area contributed by atoms with E-state index in [4.69, 9.17) is 4.74 Å². The van der Waals surface area contributed by atoms with Gasteiger partial charge in [-0.1, -0.05) is 13.0 Å². The maximum atomic E-state index is 12.2. The van der Waals surface area contributed by atoms with Gasteiger partial charge < -0.3 is 20.1 Å². The number of benzene rings is 1. The van der Waals surface area contributed by atoms with E-state index in [-0.39, 0.29) is 18.4 Å². The van der Waals surface area contributed by atoms with Gasteiger partial charge in [-0.3, -0.25) is 4.79 Å². The smallest absolute Gasteiger partial charge is 0.224 e. The number of aliphatic hydroxyl groups excluding tert-OH is 1. The van der Waals surface area contributed by atoms with Crippen molar-refractivity contribution in [3.05, 3.63) is 30.0 Å². The van der Waals surface area contributed by atoms with Crippen LogP contribution in [0.5, 0.6) is 5.75 Å². The number of rotatable bonds is 7. The second-order valence-electron chi connectivity index (χ2n) is 5.43. The van der Waals surface area contributed by atoms with Gasteiger partial charge in [0.2, 0.25) is 5.91 Å². The van der Waals surface area contributed by atoms with Crippen LogP contribution in [0.15, 0.2) is 24.4 Å². The number of H-pyrrole nitrogens is 1. The molecule has 22 heavy (non-hydrogen) atoms. The van der Waals surface area contributed by atoms with Gasteiger partial charge in [-0.05, 0) is 38.0 Å². The average Bonchev–Trinajstić information content (AvgIpc) is 2.89. The number of hydrogen-bond donors (Lipinski definition) is 3. The summed E-state index contributed by atoms with van der Waals surface area (Å²) in [5.74, 6) is 0.687. The summed E-state index contributed by atoms with van der Waals surface area (Å²) in [4.78, 5) is 15.4. The molecule has 1 heterocycles. The SMILES string of the molecule is CCOc1cccc2[nH]cc(CC(=O)N[C@H](CC)[C@@H](C)O)c12. The Labute approximate surface area is 130 Å². The predicted molar refractivity (Wildman–Crippen MR) is 87.1 cm³/mol. The minimum absolute atomic E-state index is 0.0973. The van der Waals surface area contributed by atoms with Crippen LogP contribution in [-0.2, 0) is 11.2 Å². The minimum Gasteiger partial charge on any atom is -0.493 e. The van der Waals surface area contributed by atoms with E-state index in [1.165, 1.54) is 0 Å². The van der Waals surface area contributed by atoms with Gasteiger partial charge >= 0.3 is 0 Å². The maximum absolute atomic E-state index is 12.2. The first-order valence-electron chi connectivity index (χ1n) is 7.76. The number of ether oxygens (including phenoxy) is 1. The first-order chi connectivity index (χ1) is 10.6. The molecule has 0 bridgehead atoms. The number of aromatic nitrogens is 1. The van der Waals surface area contributed by atoms with Gasteiger partial charge in [0.1, 0.15) is 5.75 Å². The van der Waals surface area contributed by atoms with Crippen LogP contribution < -0.4 is 10.1 Å². The molecular formula is C17H24N2O3. The molecule has 0 saturated carbocycles. The molecule has 0 saturated heterocycles. The fraction of sp³-hybridized carbons (Fsp3) is 0.471. The van der Waals surface area contributed by atoms with Crippen LogP contribution in [0.3, 0.4) is 0 Å². The van der Waals surface area contributed by atoms with Gasteiger partial charge in [-0.2, -0.15) is 0 Å². The first-order valence-corrected chi connectivity index (χ1v) is 7.76. The lowest BCUT2D eigenvalue weighted by atomic mass is 10.1. The molecule has 0 aliphatic rings. The third kappa shape index (κ3) is 3.60. The molecule has 1 aromatic carbocycles. The fourth-order valence-corrected chi connectivity index (χ4v) is 2.63. The number of amides is 1. The van der Waals surface area contributed by atoms with Crippen LogP contribution in [0, 0.1) is 0 Å². The van der Waals surface area contributed by atoms with Crippen molar-refractivity contribution in [1.82, 2.24) is 10.3 Å². The van der Waals surface area contributed by atoms with Crippen molar-refractivity contribution in [2.45, 2.75) is 45.8 Å². The lowest BCUT2D eigenvalue weighted by Crippen LogP contribution is -2.42. The van der Waals surface area contributed by atoms with Crippen molar-refractivity contribution in [2.24, 2.45) is 0 Å². The first kappa shape index (κ1) is 16.4. The summed E-state index contributed by atoms with van der Waals surface area (Å²) in [6.07, 6.45) is 2.24. The average molecular weight is 304 g/mol. The van der Waals surface area contributed by atoms with Crippen molar-refractivity contribution in [1.29, 1.82) is 0 Å². The second-order valence-corrected chi connectivity index (χ2v) is 5.43. The van der Waals surface area contributed by atoms with Gasteiger partial charge in [0.15, 0.2) is 0 Å². The summed E-state index contributed by atoms with van der Waals surface area (Å²) >= 11 is 0. The largest absolute Gasteiger partial charge is 0.493 e. The summed E-state index contributed by atoms with van der Waals surface area (Å²) in [5, 5.41) is 13.5. The zero-order valence-electron chi connectivity index (χ0n) is 13.3. The Bertz CT molecular complexity index is 634. The van der Waals surface area contributed by atoms with Crippen LogP contribution in [0.4, 0.5) is 0 Å². The number of carbonyl (C=O) groups excluding carboxylic acids is 1. The molecule has 1 amide bonds. The Morgan fingerprint density at radius 3 is 2.82 bits per heavy atom. The van der Waals surface area contributed by atoms with Crippen LogP contribution in [0.25, 0.3) is 10.9 Å². The van der Waals surface area contributed by atoms with Crippen molar-refractivity contribution < 1.29 is 14.6 Å². The predicted octanol–water partition coefficient (Wildman–Crippen LogP) is 2.38. The molecular weight excluding hydrogens is 280 g/mol. The molecule has 0 spiro atoms. The third-order valence-electron chi connectivity index (χ3n) is 3.77. The highest BCUT2D eigenvalue weighted by Gasteiger charge is 2.17. The lowest BCUT2D eigenvalue weighted by Gasteiger charge is -2.19. The highest BCUT2D eigenvalue weighted by molar-refractivity contribution is 5.93. The van der Waals surface area contributed by atoms with Gasteiger partial charge in [-0.25, -0.2) is 0 Å². The monoisotopic (exact) mass is 304 g/mol. The van der Waals surface area contributed by atoms with Gasteiger partial charge in [0.25, 0.3) is 0 Å². The molecule has 0 unspecified atom stereocenters. The van der Waals surface area contributed by atoms with Gasteiger partial charge in [0, 0.05) is 17.1 Å². The van der Waals surface area contributed by atoms with Crippen molar-refractivity contribution in [2.75, 3.05) is 6.61 Å². The molecule has 0 aliphatic carbocycles. The number of aliphatic hydroxyl groups is 1. The highest BCUT2D eigenvalue weighted by atomic mass is 16.5. The lowest BCUT2D eigenvalue weighted by molar-refractivity contribution is -0.121. The molecule has 2 atom stereocenters. The van der Waals surface area contributed by atoms with Crippen LogP contribution in [-0.4, -0.2) is 34.8 Å². The van der Waals surface area contributed by atoms with Crippen molar-refractivity contribution >= 4 is 16.8 Å². The standard InChI is InChI=1S/C17H24N2O3/c1-4-13(11(3)20)19-16(21)9-12-10-18-14-7-6-8-15(17(12)14)22-5-2/h6-8,10-11,13,18,20H,4-5,9H2,1-3H3,(H,19,21)/t11-,13-/m1/s1. The van der Waals surface area contributed by atoms with Crippen molar-refractivity contribution in [3.63, 3.8) is 0 Å². The van der Waals surface area contributed by atoms with E-state index in [1.54, 1.807) is 6.92 Å². The summed E-state index contributed by atoms with van der Waals surface area (Å²) in [6, 6.07) is 5.58. The number of aromatic amines is 1. The molecule has 5 nitrogen and oxygen atoms in total. The minimum atomic E-state index is -0.559. The maximum Gasteiger partial charge on any atom is 0.224 e. The van der Waals surface area contributed by atoms with E-state index in [1.807, 2.05) is 38.2 Å². The van der Waals surface area contributed by atoms with E-state index < -0.39 is 6.10 Å². The Kier molecular flexibility index (Phi) is 5.44. The van der Waals surface area contributed by atoms with E-state index in [9.17, 15) is 9.90 Å². The third-order valence-corrected chi connectivity index (χ3v) is 3.77. The molecule has 2 rings (SSSR count). The fourth-order valence-electron chi connectivity index (χ4n) is 2.63. The molecule has 0 aliphatic heterocycles. The zero-order chi connectivity index (χ0) is 16.1. The zero-order valence-corrected chi connectivity index (χ0v) is 13.3. The Hall–Kier alpha value is -2.01. The van der Waals surface area contributed by atoms with Crippen LogP contribution in [0.2, 0.25) is 0 Å². The Morgan fingerprint density at radius 2 is 2.18 bits per heavy atom. The second kappa shape index (κ2) is 7.31. The Morgan fingerprint density at radius 1 is 1.41 bits per heavy atom. The van der Waals surface area contributed by atoms with Crippen molar-refractivity contribution in [3.8, 4) is 5.75 Å². The van der Waals surface area contributed by atoms with Crippen LogP contribution >= 0.6 is 0 Å². The molecule has 3 N–H and O–H groups in total. The summed E-state index contributed by atoms with van der Waals surface area (Å²) in [7, 11) is 0.